The van der Waals surface area contributed by atoms with Crippen LogP contribution in [0.3, 0.4) is 0 Å². The first kappa shape index (κ1) is 22.5. The van der Waals surface area contributed by atoms with Crippen molar-refractivity contribution in [2.24, 2.45) is 0 Å². The second-order valence-corrected chi connectivity index (χ2v) is 8.50. The molecule has 1 aromatic heterocycles. The Morgan fingerprint density at radius 2 is 1.70 bits per heavy atom. The van der Waals surface area contributed by atoms with Crippen LogP contribution in [0.15, 0.2) is 78.9 Å². The van der Waals surface area contributed by atoms with Crippen LogP contribution in [0.2, 0.25) is 0 Å². The third-order valence-electron chi connectivity index (χ3n) is 5.09. The van der Waals surface area contributed by atoms with Crippen molar-refractivity contribution in [2.45, 2.75) is 26.3 Å². The molecule has 3 aromatic carbocycles. The van der Waals surface area contributed by atoms with Crippen molar-refractivity contribution in [1.29, 1.82) is 0 Å². The standard InChI is InChI=1S/C26H25N3O3S/c1-3-32-21-15-13-20(14-16-21)29(26-28-22-11-7-8-12-24(22)33-26)25(31)17-23(27-18(2)30)19-9-5-4-6-10-19/h4-16,23H,3,17H2,1-2H3,(H,27,30). The van der Waals surface area contributed by atoms with E-state index in [1.54, 1.807) is 4.90 Å². The minimum Gasteiger partial charge on any atom is -0.494 e. The number of benzene rings is 3. The number of thiazole rings is 1. The minimum atomic E-state index is -0.448. The van der Waals surface area contributed by atoms with Crippen LogP contribution in [0.25, 0.3) is 10.2 Å². The highest BCUT2D eigenvalue weighted by Gasteiger charge is 2.26. The average molecular weight is 460 g/mol. The Labute approximate surface area is 196 Å². The van der Waals surface area contributed by atoms with Crippen LogP contribution in [0.5, 0.6) is 5.75 Å². The number of hydrogen-bond donors (Lipinski definition) is 1. The third-order valence-corrected chi connectivity index (χ3v) is 6.11. The molecule has 0 fully saturated rings. The summed E-state index contributed by atoms with van der Waals surface area (Å²) in [5.41, 5.74) is 2.40. The van der Waals surface area contributed by atoms with E-state index >= 15 is 0 Å². The maximum absolute atomic E-state index is 13.7. The fourth-order valence-corrected chi connectivity index (χ4v) is 4.63. The molecular formula is C26H25N3O3S. The van der Waals surface area contributed by atoms with Gasteiger partial charge in [-0.3, -0.25) is 14.5 Å². The van der Waals surface area contributed by atoms with Gasteiger partial charge < -0.3 is 10.1 Å². The van der Waals surface area contributed by atoms with E-state index in [1.165, 1.54) is 18.3 Å². The van der Waals surface area contributed by atoms with E-state index < -0.39 is 6.04 Å². The maximum Gasteiger partial charge on any atom is 0.235 e. The SMILES string of the molecule is CCOc1ccc(N(C(=O)CC(NC(C)=O)c2ccccc2)c2nc3ccccc3s2)cc1. The Morgan fingerprint density at radius 1 is 1.00 bits per heavy atom. The molecule has 6 nitrogen and oxygen atoms in total. The highest BCUT2D eigenvalue weighted by Crippen LogP contribution is 2.35. The molecule has 0 radical (unpaired) electrons. The van der Waals surface area contributed by atoms with Crippen LogP contribution in [-0.2, 0) is 9.59 Å². The predicted octanol–water partition coefficient (Wildman–Crippen LogP) is 5.63. The van der Waals surface area contributed by atoms with Crippen LogP contribution in [0, 0.1) is 0 Å². The summed E-state index contributed by atoms with van der Waals surface area (Å²) in [6, 6.07) is 24.3. The van der Waals surface area contributed by atoms with E-state index in [4.69, 9.17) is 9.72 Å². The molecule has 1 N–H and O–H groups in total. The maximum atomic E-state index is 13.7. The summed E-state index contributed by atoms with van der Waals surface area (Å²) in [7, 11) is 0. The number of carbonyl (C=O) groups excluding carboxylic acids is 2. The summed E-state index contributed by atoms with van der Waals surface area (Å²) in [6.45, 7) is 3.95. The molecule has 0 aliphatic carbocycles. The number of para-hydroxylation sites is 1. The lowest BCUT2D eigenvalue weighted by Gasteiger charge is -2.24. The first-order valence-electron chi connectivity index (χ1n) is 10.8. The van der Waals surface area contributed by atoms with Crippen LogP contribution in [0.1, 0.15) is 31.9 Å². The normalized spacial score (nSPS) is 11.7. The number of nitrogens with zero attached hydrogens (tertiary/aromatic N) is 2. The Bertz CT molecular complexity index is 1210. The molecule has 4 aromatic rings. The van der Waals surface area contributed by atoms with Crippen molar-refractivity contribution in [3.8, 4) is 5.75 Å². The molecule has 1 heterocycles. The van der Waals surface area contributed by atoms with Gasteiger partial charge in [0.25, 0.3) is 0 Å². The summed E-state index contributed by atoms with van der Waals surface area (Å²) in [5, 5.41) is 3.50. The molecule has 0 aliphatic rings. The highest BCUT2D eigenvalue weighted by atomic mass is 32.1. The van der Waals surface area contributed by atoms with Gasteiger partial charge in [-0.05, 0) is 48.9 Å². The van der Waals surface area contributed by atoms with Crippen LogP contribution >= 0.6 is 11.3 Å². The van der Waals surface area contributed by atoms with Gasteiger partial charge >= 0.3 is 0 Å². The van der Waals surface area contributed by atoms with Gasteiger partial charge in [-0.25, -0.2) is 4.98 Å². The second-order valence-electron chi connectivity index (χ2n) is 7.49. The van der Waals surface area contributed by atoms with Crippen LogP contribution in [-0.4, -0.2) is 23.4 Å². The Morgan fingerprint density at radius 3 is 2.36 bits per heavy atom. The molecule has 4 rings (SSSR count). The van der Waals surface area contributed by atoms with E-state index in [2.05, 4.69) is 5.32 Å². The fourth-order valence-electron chi connectivity index (χ4n) is 3.62. The number of rotatable bonds is 8. The number of carbonyl (C=O) groups is 2. The molecule has 1 unspecified atom stereocenters. The summed E-state index contributed by atoms with van der Waals surface area (Å²) in [5.74, 6) is 0.378. The number of anilines is 2. The van der Waals surface area contributed by atoms with Gasteiger partial charge in [0.1, 0.15) is 5.75 Å². The molecule has 2 amide bonds. The minimum absolute atomic E-state index is 0.0900. The molecule has 0 bridgehead atoms. The lowest BCUT2D eigenvalue weighted by molar-refractivity contribution is -0.121. The van der Waals surface area contributed by atoms with Crippen molar-refractivity contribution in [1.82, 2.24) is 10.3 Å². The lowest BCUT2D eigenvalue weighted by Crippen LogP contribution is -2.33. The van der Waals surface area contributed by atoms with Gasteiger partial charge in [0.05, 0.1) is 35.0 Å². The summed E-state index contributed by atoms with van der Waals surface area (Å²) < 4.78 is 6.55. The summed E-state index contributed by atoms with van der Waals surface area (Å²) in [6.07, 6.45) is 0.0900. The van der Waals surface area contributed by atoms with Crippen molar-refractivity contribution in [3.05, 3.63) is 84.4 Å². The zero-order valence-electron chi connectivity index (χ0n) is 18.5. The van der Waals surface area contributed by atoms with Gasteiger partial charge in [-0.1, -0.05) is 53.8 Å². The van der Waals surface area contributed by atoms with Gasteiger partial charge in [-0.15, -0.1) is 0 Å². The Balaban J connectivity index is 1.71. The van der Waals surface area contributed by atoms with E-state index in [9.17, 15) is 9.59 Å². The summed E-state index contributed by atoms with van der Waals surface area (Å²) in [4.78, 5) is 31.9. The zero-order chi connectivity index (χ0) is 23.2. The van der Waals surface area contributed by atoms with Gasteiger partial charge in [0, 0.05) is 6.92 Å². The third kappa shape index (κ3) is 5.38. The Kier molecular flexibility index (Phi) is 7.00. The molecule has 168 valence electrons. The zero-order valence-corrected chi connectivity index (χ0v) is 19.3. The number of amides is 2. The number of ether oxygens (including phenoxy) is 1. The van der Waals surface area contributed by atoms with E-state index in [0.717, 1.165) is 21.5 Å². The number of aromatic nitrogens is 1. The second kappa shape index (κ2) is 10.3. The lowest BCUT2D eigenvalue weighted by atomic mass is 10.0. The largest absolute Gasteiger partial charge is 0.494 e. The average Bonchev–Trinajstić information content (AvgIpc) is 3.24. The summed E-state index contributed by atoms with van der Waals surface area (Å²) >= 11 is 1.46. The predicted molar refractivity (Wildman–Crippen MR) is 132 cm³/mol. The highest BCUT2D eigenvalue weighted by molar-refractivity contribution is 7.22. The van der Waals surface area contributed by atoms with Gasteiger partial charge in [-0.2, -0.15) is 0 Å². The van der Waals surface area contributed by atoms with Crippen molar-refractivity contribution in [3.63, 3.8) is 0 Å². The van der Waals surface area contributed by atoms with E-state index in [0.29, 0.717) is 17.4 Å². The number of hydrogen-bond acceptors (Lipinski definition) is 5. The molecule has 1 atom stereocenters. The molecule has 0 spiro atoms. The molecular weight excluding hydrogens is 434 g/mol. The van der Waals surface area contributed by atoms with E-state index in [-0.39, 0.29) is 18.2 Å². The topological polar surface area (TPSA) is 71.5 Å². The van der Waals surface area contributed by atoms with Crippen LogP contribution in [0.4, 0.5) is 10.8 Å². The van der Waals surface area contributed by atoms with Gasteiger partial charge in [0.15, 0.2) is 5.13 Å². The monoisotopic (exact) mass is 459 g/mol. The van der Waals surface area contributed by atoms with E-state index in [1.807, 2.05) is 85.8 Å². The fraction of sp³-hybridized carbons (Fsp3) is 0.192. The van der Waals surface area contributed by atoms with Gasteiger partial charge in [0.2, 0.25) is 11.8 Å². The first-order chi connectivity index (χ1) is 16.0. The van der Waals surface area contributed by atoms with Crippen molar-refractivity contribution in [2.75, 3.05) is 11.5 Å². The molecule has 33 heavy (non-hydrogen) atoms. The molecule has 0 saturated heterocycles. The Hall–Kier alpha value is -3.71. The number of fused-ring (bicyclic) bond motifs is 1. The van der Waals surface area contributed by atoms with Crippen molar-refractivity contribution >= 4 is 44.2 Å². The molecule has 0 aliphatic heterocycles. The smallest absolute Gasteiger partial charge is 0.235 e. The molecule has 7 heteroatoms. The number of nitrogens with one attached hydrogen (secondary N) is 1. The quantitative estimate of drug-likeness (QED) is 0.371. The van der Waals surface area contributed by atoms with Crippen LogP contribution < -0.4 is 15.0 Å². The van der Waals surface area contributed by atoms with Crippen molar-refractivity contribution < 1.29 is 14.3 Å². The molecule has 0 saturated carbocycles. The first-order valence-corrected chi connectivity index (χ1v) is 11.6.